The van der Waals surface area contributed by atoms with Gasteiger partial charge < -0.3 is 9.80 Å². The van der Waals surface area contributed by atoms with Crippen molar-refractivity contribution in [2.24, 2.45) is 0 Å². The van der Waals surface area contributed by atoms with E-state index in [1.54, 1.807) is 6.20 Å². The second kappa shape index (κ2) is 7.21. The summed E-state index contributed by atoms with van der Waals surface area (Å²) in [5.41, 5.74) is 5.12. The van der Waals surface area contributed by atoms with Crippen LogP contribution in [0.4, 0.5) is 5.82 Å². The van der Waals surface area contributed by atoms with Crippen molar-refractivity contribution in [1.29, 1.82) is 0 Å². The Bertz CT molecular complexity index is 779. The third-order valence-electron chi connectivity index (χ3n) is 4.81. The van der Waals surface area contributed by atoms with Crippen LogP contribution in [0, 0.1) is 20.8 Å². The number of hydrogen-bond acceptors (Lipinski definition) is 4. The average molecular weight is 338 g/mol. The zero-order chi connectivity index (χ0) is 18.0. The van der Waals surface area contributed by atoms with Gasteiger partial charge in [-0.25, -0.2) is 4.98 Å². The lowest BCUT2D eigenvalue weighted by Gasteiger charge is -2.36. The van der Waals surface area contributed by atoms with Gasteiger partial charge in [-0.1, -0.05) is 13.0 Å². The van der Waals surface area contributed by atoms with Crippen molar-refractivity contribution in [1.82, 2.24) is 14.9 Å². The highest BCUT2D eigenvalue weighted by molar-refractivity contribution is 5.95. The number of anilines is 1. The molecule has 0 unspecified atom stereocenters. The van der Waals surface area contributed by atoms with Crippen LogP contribution in [0.2, 0.25) is 0 Å². The number of aryl methyl sites for hydroxylation is 4. The van der Waals surface area contributed by atoms with Gasteiger partial charge in [0.15, 0.2) is 0 Å². The molecule has 2 aromatic rings. The van der Waals surface area contributed by atoms with E-state index in [1.807, 2.05) is 24.1 Å². The number of nitrogens with zero attached hydrogens (tertiary/aromatic N) is 4. The van der Waals surface area contributed by atoms with Gasteiger partial charge in [-0.3, -0.25) is 9.78 Å². The van der Waals surface area contributed by atoms with E-state index in [0.717, 1.165) is 42.1 Å². The van der Waals surface area contributed by atoms with Crippen molar-refractivity contribution in [3.63, 3.8) is 0 Å². The van der Waals surface area contributed by atoms with E-state index in [1.165, 1.54) is 11.1 Å². The number of piperazine rings is 1. The Hall–Kier alpha value is -2.43. The van der Waals surface area contributed by atoms with Crippen LogP contribution in [0.5, 0.6) is 0 Å². The van der Waals surface area contributed by atoms with Crippen LogP contribution in [-0.4, -0.2) is 47.0 Å². The summed E-state index contributed by atoms with van der Waals surface area (Å²) in [6.45, 7) is 11.3. The van der Waals surface area contributed by atoms with E-state index >= 15 is 0 Å². The fourth-order valence-electron chi connectivity index (χ4n) is 3.36. The van der Waals surface area contributed by atoms with E-state index in [-0.39, 0.29) is 5.91 Å². The first-order valence-electron chi connectivity index (χ1n) is 8.92. The number of rotatable bonds is 3. The average Bonchev–Trinajstić information content (AvgIpc) is 2.61. The summed E-state index contributed by atoms with van der Waals surface area (Å²) < 4.78 is 0. The van der Waals surface area contributed by atoms with Gasteiger partial charge in [-0.05, 0) is 49.9 Å². The summed E-state index contributed by atoms with van der Waals surface area (Å²) in [6.07, 6.45) is 4.52. The molecule has 0 aliphatic carbocycles. The molecular weight excluding hydrogens is 312 g/mol. The number of carbonyl (C=O) groups is 1. The Morgan fingerprint density at radius 3 is 2.32 bits per heavy atom. The van der Waals surface area contributed by atoms with E-state index < -0.39 is 0 Å². The molecule has 0 atom stereocenters. The summed E-state index contributed by atoms with van der Waals surface area (Å²) >= 11 is 0. The van der Waals surface area contributed by atoms with Gasteiger partial charge in [0.05, 0.1) is 5.56 Å². The van der Waals surface area contributed by atoms with Crippen molar-refractivity contribution in [2.75, 3.05) is 31.1 Å². The second-order valence-corrected chi connectivity index (χ2v) is 6.78. The van der Waals surface area contributed by atoms with E-state index in [2.05, 4.69) is 41.7 Å². The number of carbonyl (C=O) groups excluding carboxylic acids is 1. The van der Waals surface area contributed by atoms with Crippen LogP contribution in [0.15, 0.2) is 24.5 Å². The molecule has 132 valence electrons. The Morgan fingerprint density at radius 1 is 1.00 bits per heavy atom. The molecule has 1 aliphatic heterocycles. The Kier molecular flexibility index (Phi) is 5.02. The van der Waals surface area contributed by atoms with Crippen LogP contribution in [0.25, 0.3) is 0 Å². The van der Waals surface area contributed by atoms with E-state index in [4.69, 9.17) is 0 Å². The van der Waals surface area contributed by atoms with E-state index in [0.29, 0.717) is 13.1 Å². The Morgan fingerprint density at radius 2 is 1.72 bits per heavy atom. The summed E-state index contributed by atoms with van der Waals surface area (Å²) in [7, 11) is 0. The molecule has 1 amide bonds. The summed E-state index contributed by atoms with van der Waals surface area (Å²) in [4.78, 5) is 26.0. The van der Waals surface area contributed by atoms with Crippen LogP contribution in [-0.2, 0) is 6.42 Å². The quantitative estimate of drug-likeness (QED) is 0.863. The molecule has 1 aliphatic rings. The molecule has 5 heteroatoms. The molecule has 0 bridgehead atoms. The van der Waals surface area contributed by atoms with Crippen molar-refractivity contribution in [3.8, 4) is 0 Å². The third-order valence-corrected chi connectivity index (χ3v) is 4.81. The van der Waals surface area contributed by atoms with Crippen LogP contribution < -0.4 is 4.90 Å². The van der Waals surface area contributed by atoms with Gasteiger partial charge in [0, 0.05) is 44.3 Å². The standard InChI is InChI=1S/C20H26N4O/c1-5-17-11-15(3)18(13-21-17)20(25)24-8-6-23(7-9-24)19-16(4)10-14(2)12-22-19/h10-13H,5-9H2,1-4H3. The minimum absolute atomic E-state index is 0.0842. The summed E-state index contributed by atoms with van der Waals surface area (Å²) in [6, 6.07) is 4.17. The molecule has 1 saturated heterocycles. The van der Waals surface area contributed by atoms with Gasteiger partial charge in [0.2, 0.25) is 0 Å². The first-order valence-corrected chi connectivity index (χ1v) is 8.92. The zero-order valence-corrected chi connectivity index (χ0v) is 15.5. The molecule has 0 saturated carbocycles. The lowest BCUT2D eigenvalue weighted by Crippen LogP contribution is -2.49. The smallest absolute Gasteiger partial charge is 0.255 e. The molecule has 0 N–H and O–H groups in total. The van der Waals surface area contributed by atoms with Crippen molar-refractivity contribution in [2.45, 2.75) is 34.1 Å². The third kappa shape index (κ3) is 3.65. The lowest BCUT2D eigenvalue weighted by atomic mass is 10.1. The predicted octanol–water partition coefficient (Wildman–Crippen LogP) is 2.93. The lowest BCUT2D eigenvalue weighted by molar-refractivity contribution is 0.0745. The zero-order valence-electron chi connectivity index (χ0n) is 15.5. The molecule has 25 heavy (non-hydrogen) atoms. The molecular formula is C20H26N4O. The number of amides is 1. The maximum absolute atomic E-state index is 12.8. The Balaban J connectivity index is 1.68. The molecule has 0 radical (unpaired) electrons. The monoisotopic (exact) mass is 338 g/mol. The van der Waals surface area contributed by atoms with E-state index in [9.17, 15) is 4.79 Å². The molecule has 3 heterocycles. The predicted molar refractivity (Wildman–Crippen MR) is 100 cm³/mol. The van der Waals surface area contributed by atoms with Gasteiger partial charge in [0.25, 0.3) is 5.91 Å². The first-order chi connectivity index (χ1) is 12.0. The summed E-state index contributed by atoms with van der Waals surface area (Å²) in [5, 5.41) is 0. The van der Waals surface area contributed by atoms with Crippen molar-refractivity contribution >= 4 is 11.7 Å². The molecule has 2 aromatic heterocycles. The van der Waals surface area contributed by atoms with Crippen LogP contribution in [0.3, 0.4) is 0 Å². The SMILES string of the molecule is CCc1cc(C)c(C(=O)N2CCN(c3ncc(C)cc3C)CC2)cn1. The minimum Gasteiger partial charge on any atom is -0.353 e. The highest BCUT2D eigenvalue weighted by Crippen LogP contribution is 2.20. The first kappa shape index (κ1) is 17.4. The normalized spacial score (nSPS) is 14.7. The van der Waals surface area contributed by atoms with Gasteiger partial charge in [0.1, 0.15) is 5.82 Å². The highest BCUT2D eigenvalue weighted by atomic mass is 16.2. The van der Waals surface area contributed by atoms with Crippen molar-refractivity contribution < 1.29 is 4.79 Å². The number of aromatic nitrogens is 2. The van der Waals surface area contributed by atoms with Gasteiger partial charge in [-0.2, -0.15) is 0 Å². The van der Waals surface area contributed by atoms with Crippen molar-refractivity contribution in [3.05, 3.63) is 52.5 Å². The largest absolute Gasteiger partial charge is 0.353 e. The Labute approximate surface area is 149 Å². The van der Waals surface area contributed by atoms with Gasteiger partial charge >= 0.3 is 0 Å². The molecule has 1 fully saturated rings. The topological polar surface area (TPSA) is 49.3 Å². The maximum atomic E-state index is 12.8. The minimum atomic E-state index is 0.0842. The number of pyridine rings is 2. The van der Waals surface area contributed by atoms with Crippen LogP contribution in [0.1, 0.15) is 39.7 Å². The second-order valence-electron chi connectivity index (χ2n) is 6.78. The molecule has 0 aromatic carbocycles. The highest BCUT2D eigenvalue weighted by Gasteiger charge is 2.24. The fourth-order valence-corrected chi connectivity index (χ4v) is 3.36. The fraction of sp³-hybridized carbons (Fsp3) is 0.450. The molecule has 0 spiro atoms. The molecule has 3 rings (SSSR count). The maximum Gasteiger partial charge on any atom is 0.255 e. The summed E-state index contributed by atoms with van der Waals surface area (Å²) in [5.74, 6) is 1.11. The van der Waals surface area contributed by atoms with Crippen LogP contribution >= 0.6 is 0 Å². The number of hydrogen-bond donors (Lipinski definition) is 0. The molecule has 5 nitrogen and oxygen atoms in total. The van der Waals surface area contributed by atoms with Gasteiger partial charge in [-0.15, -0.1) is 0 Å².